The number of piperazine rings is 1. The second kappa shape index (κ2) is 6.32. The summed E-state index contributed by atoms with van der Waals surface area (Å²) in [4.78, 5) is 14.4. The predicted molar refractivity (Wildman–Crippen MR) is 80.5 cm³/mol. The Labute approximate surface area is 129 Å². The second-order valence-corrected chi connectivity index (χ2v) is 6.47. The van der Waals surface area contributed by atoms with Crippen molar-refractivity contribution in [2.24, 2.45) is 5.92 Å². The number of rotatable bonds is 4. The van der Waals surface area contributed by atoms with Gasteiger partial charge in [0.2, 0.25) is 5.91 Å². The number of carbonyl (C=O) groups excluding carboxylic acids is 1. The van der Waals surface area contributed by atoms with E-state index in [2.05, 4.69) is 5.32 Å². The minimum atomic E-state index is -0.814. The molecule has 1 aromatic carbocycles. The maximum absolute atomic E-state index is 13.3. The number of nitrogens with zero attached hydrogens (tertiary/aromatic N) is 1. The van der Waals surface area contributed by atoms with Gasteiger partial charge in [0.25, 0.3) is 0 Å². The number of carbonyl (C=O) groups is 1. The van der Waals surface area contributed by atoms with Crippen LogP contribution >= 0.6 is 0 Å². The van der Waals surface area contributed by atoms with Crippen LogP contribution in [0.4, 0.5) is 8.78 Å². The Bertz CT molecular complexity index is 564. The van der Waals surface area contributed by atoms with E-state index in [9.17, 15) is 13.6 Å². The van der Waals surface area contributed by atoms with Crippen molar-refractivity contribution in [3.8, 4) is 0 Å². The first-order valence-corrected chi connectivity index (χ1v) is 8.02. The molecule has 1 N–H and O–H groups in total. The van der Waals surface area contributed by atoms with E-state index in [0.29, 0.717) is 6.04 Å². The summed E-state index contributed by atoms with van der Waals surface area (Å²) in [5, 5.41) is 3.33. The number of hydrogen-bond donors (Lipinski definition) is 1. The van der Waals surface area contributed by atoms with Gasteiger partial charge < -0.3 is 10.2 Å². The van der Waals surface area contributed by atoms with E-state index < -0.39 is 11.6 Å². The van der Waals surface area contributed by atoms with Crippen LogP contribution in [-0.2, 0) is 4.79 Å². The van der Waals surface area contributed by atoms with Gasteiger partial charge in [-0.05, 0) is 42.9 Å². The molecule has 5 heteroatoms. The standard InChI is InChI=1S/C17H22F2N2O/c1-11(12-4-5-15(18)16(19)9-12)2-3-13-8-14-10-20-6-7-21(14)17(13)22/h4-5,9,11,13-14,20H,2-3,6-8,10H2,1H3/t11?,13-,14-/m0/s1. The van der Waals surface area contributed by atoms with Crippen LogP contribution < -0.4 is 5.32 Å². The first-order valence-electron chi connectivity index (χ1n) is 8.02. The van der Waals surface area contributed by atoms with E-state index in [1.165, 1.54) is 12.1 Å². The smallest absolute Gasteiger partial charge is 0.226 e. The molecule has 2 aliphatic rings. The topological polar surface area (TPSA) is 32.3 Å². The van der Waals surface area contributed by atoms with Gasteiger partial charge in [-0.2, -0.15) is 0 Å². The summed E-state index contributed by atoms with van der Waals surface area (Å²) in [5.74, 6) is -1.14. The monoisotopic (exact) mass is 308 g/mol. The van der Waals surface area contributed by atoms with Gasteiger partial charge in [-0.3, -0.25) is 4.79 Å². The molecule has 2 aliphatic heterocycles. The first kappa shape index (κ1) is 15.4. The molecule has 0 radical (unpaired) electrons. The van der Waals surface area contributed by atoms with Crippen molar-refractivity contribution in [1.82, 2.24) is 10.2 Å². The van der Waals surface area contributed by atoms with Crippen molar-refractivity contribution < 1.29 is 13.6 Å². The number of fused-ring (bicyclic) bond motifs is 1. The van der Waals surface area contributed by atoms with Crippen molar-refractivity contribution >= 4 is 5.91 Å². The van der Waals surface area contributed by atoms with Crippen LogP contribution in [0.25, 0.3) is 0 Å². The molecule has 0 spiro atoms. The Balaban J connectivity index is 1.58. The lowest BCUT2D eigenvalue weighted by Crippen LogP contribution is -2.49. The molecule has 1 unspecified atom stereocenters. The molecule has 3 nitrogen and oxygen atoms in total. The molecule has 0 aromatic heterocycles. The molecule has 0 aliphatic carbocycles. The lowest BCUT2D eigenvalue weighted by molar-refractivity contribution is -0.132. The maximum Gasteiger partial charge on any atom is 0.226 e. The Kier molecular flexibility index (Phi) is 4.43. The molecule has 120 valence electrons. The quantitative estimate of drug-likeness (QED) is 0.927. The fourth-order valence-corrected chi connectivity index (χ4v) is 3.60. The van der Waals surface area contributed by atoms with E-state index in [-0.39, 0.29) is 17.7 Å². The van der Waals surface area contributed by atoms with Crippen LogP contribution in [0.1, 0.15) is 37.7 Å². The highest BCUT2D eigenvalue weighted by atomic mass is 19.2. The van der Waals surface area contributed by atoms with Crippen molar-refractivity contribution in [3.05, 3.63) is 35.4 Å². The third-order valence-corrected chi connectivity index (χ3v) is 5.00. The summed E-state index contributed by atoms with van der Waals surface area (Å²) in [5.41, 5.74) is 0.795. The Hall–Kier alpha value is -1.49. The summed E-state index contributed by atoms with van der Waals surface area (Å²) in [6.45, 7) is 4.57. The SMILES string of the molecule is CC(CC[C@H]1C[C@H]2CNCCN2C1=O)c1ccc(F)c(F)c1. The lowest BCUT2D eigenvalue weighted by Gasteiger charge is -2.30. The molecule has 2 fully saturated rings. The number of benzene rings is 1. The van der Waals surface area contributed by atoms with Gasteiger partial charge >= 0.3 is 0 Å². The Morgan fingerprint density at radius 3 is 2.91 bits per heavy atom. The average molecular weight is 308 g/mol. The van der Waals surface area contributed by atoms with Crippen LogP contribution in [0.5, 0.6) is 0 Å². The van der Waals surface area contributed by atoms with Crippen molar-refractivity contribution in [1.29, 1.82) is 0 Å². The van der Waals surface area contributed by atoms with Gasteiger partial charge in [0.05, 0.1) is 0 Å². The predicted octanol–water partition coefficient (Wildman–Crippen LogP) is 2.67. The van der Waals surface area contributed by atoms with Crippen molar-refractivity contribution in [3.63, 3.8) is 0 Å². The van der Waals surface area contributed by atoms with Crippen LogP contribution in [-0.4, -0.2) is 36.5 Å². The minimum absolute atomic E-state index is 0.0812. The van der Waals surface area contributed by atoms with E-state index in [1.807, 2.05) is 11.8 Å². The molecular formula is C17H22F2N2O. The van der Waals surface area contributed by atoms with Gasteiger partial charge in [0, 0.05) is 31.6 Å². The molecule has 3 atom stereocenters. The normalized spacial score (nSPS) is 26.1. The molecule has 1 amide bonds. The molecular weight excluding hydrogens is 286 g/mol. The summed E-state index contributed by atoms with van der Waals surface area (Å²) < 4.78 is 26.3. The van der Waals surface area contributed by atoms with Crippen LogP contribution in [0.2, 0.25) is 0 Å². The summed E-state index contributed by atoms with van der Waals surface area (Å²) in [6, 6.07) is 4.41. The number of halogens is 2. The van der Waals surface area contributed by atoms with Crippen LogP contribution in [0, 0.1) is 17.6 Å². The zero-order chi connectivity index (χ0) is 15.7. The molecule has 0 bridgehead atoms. The first-order chi connectivity index (χ1) is 10.6. The van der Waals surface area contributed by atoms with Gasteiger partial charge in [0.1, 0.15) is 0 Å². The molecule has 22 heavy (non-hydrogen) atoms. The highest BCUT2D eigenvalue weighted by molar-refractivity contribution is 5.81. The number of nitrogens with one attached hydrogen (secondary N) is 1. The fraction of sp³-hybridized carbons (Fsp3) is 0.588. The fourth-order valence-electron chi connectivity index (χ4n) is 3.60. The van der Waals surface area contributed by atoms with E-state index >= 15 is 0 Å². The molecule has 1 aromatic rings. The van der Waals surface area contributed by atoms with E-state index in [0.717, 1.165) is 44.5 Å². The highest BCUT2D eigenvalue weighted by Crippen LogP contribution is 2.32. The summed E-state index contributed by atoms with van der Waals surface area (Å²) in [6.07, 6.45) is 2.54. The number of amides is 1. The zero-order valence-corrected chi connectivity index (χ0v) is 12.8. The van der Waals surface area contributed by atoms with Gasteiger partial charge in [-0.25, -0.2) is 8.78 Å². The number of hydrogen-bond acceptors (Lipinski definition) is 2. The van der Waals surface area contributed by atoms with Gasteiger partial charge in [0.15, 0.2) is 11.6 Å². The van der Waals surface area contributed by atoms with Crippen LogP contribution in [0.3, 0.4) is 0 Å². The Morgan fingerprint density at radius 1 is 1.36 bits per heavy atom. The maximum atomic E-state index is 13.3. The van der Waals surface area contributed by atoms with Gasteiger partial charge in [-0.15, -0.1) is 0 Å². The third kappa shape index (κ3) is 3.00. The minimum Gasteiger partial charge on any atom is -0.337 e. The average Bonchev–Trinajstić information content (AvgIpc) is 2.84. The zero-order valence-electron chi connectivity index (χ0n) is 12.8. The summed E-state index contributed by atoms with van der Waals surface area (Å²) in [7, 11) is 0. The van der Waals surface area contributed by atoms with E-state index in [1.54, 1.807) is 6.07 Å². The summed E-state index contributed by atoms with van der Waals surface area (Å²) >= 11 is 0. The molecule has 2 saturated heterocycles. The van der Waals surface area contributed by atoms with Crippen LogP contribution in [0.15, 0.2) is 18.2 Å². The van der Waals surface area contributed by atoms with Crippen molar-refractivity contribution in [2.75, 3.05) is 19.6 Å². The molecule has 3 rings (SSSR count). The third-order valence-electron chi connectivity index (χ3n) is 5.00. The van der Waals surface area contributed by atoms with Crippen molar-refractivity contribution in [2.45, 2.75) is 38.1 Å². The van der Waals surface area contributed by atoms with E-state index in [4.69, 9.17) is 0 Å². The molecule has 0 saturated carbocycles. The van der Waals surface area contributed by atoms with Gasteiger partial charge in [-0.1, -0.05) is 13.0 Å². The Morgan fingerprint density at radius 2 is 2.18 bits per heavy atom. The second-order valence-electron chi connectivity index (χ2n) is 6.47. The molecule has 2 heterocycles. The lowest BCUT2D eigenvalue weighted by atomic mass is 9.90. The largest absolute Gasteiger partial charge is 0.337 e. The highest BCUT2D eigenvalue weighted by Gasteiger charge is 2.39.